The Hall–Kier alpha value is -2.97. The average molecular weight is 380 g/mol. The summed E-state index contributed by atoms with van der Waals surface area (Å²) in [4.78, 5) is 4.20. The number of hydrogen-bond donors (Lipinski definition) is 0. The molecular weight excluding hydrogens is 354 g/mol. The minimum Gasteiger partial charge on any atom is -0.264 e. The number of aromatic nitrogens is 1. The van der Waals surface area contributed by atoms with Crippen molar-refractivity contribution in [3.8, 4) is 33.4 Å². The van der Waals surface area contributed by atoms with E-state index in [2.05, 4.69) is 103 Å². The van der Waals surface area contributed by atoms with E-state index in [1.54, 1.807) is 6.20 Å². The molecule has 1 nitrogen and oxygen atoms in total. The second-order valence-electron chi connectivity index (χ2n) is 8.22. The maximum Gasteiger partial charge on any atom is 0.0775 e. The predicted octanol–water partition coefficient (Wildman–Crippen LogP) is 6.63. The molecule has 0 atom stereocenters. The lowest BCUT2D eigenvalue weighted by molar-refractivity contribution is 1.33. The molecular formula is C26H25NSi. The second kappa shape index (κ2) is 7.57. The fourth-order valence-corrected chi connectivity index (χ4v) is 4.57. The zero-order valence-electron chi connectivity index (χ0n) is 16.7. The van der Waals surface area contributed by atoms with Crippen LogP contribution in [0.4, 0.5) is 0 Å². The van der Waals surface area contributed by atoms with Crippen LogP contribution in [0.5, 0.6) is 0 Å². The summed E-state index contributed by atoms with van der Waals surface area (Å²) in [6, 6.07) is 30.7. The van der Waals surface area contributed by atoms with Crippen molar-refractivity contribution >= 4 is 13.3 Å². The Kier molecular flexibility index (Phi) is 4.97. The number of rotatable bonds is 4. The van der Waals surface area contributed by atoms with Crippen molar-refractivity contribution in [1.29, 1.82) is 0 Å². The molecule has 0 aliphatic heterocycles. The molecule has 1 heterocycles. The quantitative estimate of drug-likeness (QED) is 0.363. The van der Waals surface area contributed by atoms with E-state index < -0.39 is 8.07 Å². The Morgan fingerprint density at radius 1 is 0.500 bits per heavy atom. The zero-order valence-corrected chi connectivity index (χ0v) is 17.7. The van der Waals surface area contributed by atoms with Crippen molar-refractivity contribution in [1.82, 2.24) is 4.98 Å². The first-order chi connectivity index (χ1) is 13.5. The highest BCUT2D eigenvalue weighted by molar-refractivity contribution is 6.88. The molecule has 1 aromatic heterocycles. The van der Waals surface area contributed by atoms with Gasteiger partial charge in [-0.3, -0.25) is 4.98 Å². The van der Waals surface area contributed by atoms with E-state index in [1.165, 1.54) is 33.0 Å². The van der Waals surface area contributed by atoms with E-state index >= 15 is 0 Å². The van der Waals surface area contributed by atoms with Crippen LogP contribution in [0, 0.1) is 0 Å². The van der Waals surface area contributed by atoms with Crippen molar-refractivity contribution in [2.24, 2.45) is 0 Å². The van der Waals surface area contributed by atoms with Gasteiger partial charge < -0.3 is 0 Å². The molecule has 0 radical (unpaired) electrons. The summed E-state index contributed by atoms with van der Waals surface area (Å²) < 4.78 is 0. The first-order valence-electron chi connectivity index (χ1n) is 9.72. The van der Waals surface area contributed by atoms with Crippen LogP contribution in [0.3, 0.4) is 0 Å². The third-order valence-electron chi connectivity index (χ3n) is 5.18. The van der Waals surface area contributed by atoms with Gasteiger partial charge in [0, 0.05) is 12.4 Å². The van der Waals surface area contributed by atoms with Crippen LogP contribution in [-0.2, 0) is 0 Å². The lowest BCUT2D eigenvalue weighted by Crippen LogP contribution is -2.37. The Labute approximate surface area is 168 Å². The summed E-state index contributed by atoms with van der Waals surface area (Å²) in [5.41, 5.74) is 7.34. The molecule has 2 heteroatoms. The molecule has 0 aliphatic rings. The Bertz CT molecular complexity index is 1040. The molecule has 4 rings (SSSR count). The molecule has 0 bridgehead atoms. The minimum absolute atomic E-state index is 1.14. The van der Waals surface area contributed by atoms with Gasteiger partial charge in [-0.15, -0.1) is 0 Å². The van der Waals surface area contributed by atoms with Crippen molar-refractivity contribution in [2.45, 2.75) is 19.6 Å². The first kappa shape index (κ1) is 18.4. The molecule has 0 saturated heterocycles. The van der Waals surface area contributed by atoms with Gasteiger partial charge in [0.15, 0.2) is 0 Å². The van der Waals surface area contributed by atoms with Gasteiger partial charge in [-0.25, -0.2) is 0 Å². The summed E-state index contributed by atoms with van der Waals surface area (Å²) in [5.74, 6) is 0. The lowest BCUT2D eigenvalue weighted by Gasteiger charge is -2.16. The van der Waals surface area contributed by atoms with E-state index in [9.17, 15) is 0 Å². The zero-order chi connectivity index (χ0) is 19.6. The topological polar surface area (TPSA) is 12.9 Å². The smallest absolute Gasteiger partial charge is 0.0775 e. The summed E-state index contributed by atoms with van der Waals surface area (Å²) in [6.07, 6.45) is 3.70. The van der Waals surface area contributed by atoms with Crippen molar-refractivity contribution < 1.29 is 0 Å². The van der Waals surface area contributed by atoms with Crippen LogP contribution in [0.25, 0.3) is 33.4 Å². The van der Waals surface area contributed by atoms with Gasteiger partial charge in [-0.2, -0.15) is 0 Å². The average Bonchev–Trinajstić information content (AvgIpc) is 2.74. The fourth-order valence-electron chi connectivity index (χ4n) is 3.41. The molecule has 0 spiro atoms. The highest BCUT2D eigenvalue weighted by Crippen LogP contribution is 2.27. The van der Waals surface area contributed by atoms with E-state index in [0.29, 0.717) is 0 Å². The molecule has 138 valence electrons. The second-order valence-corrected chi connectivity index (χ2v) is 13.3. The highest BCUT2D eigenvalue weighted by Gasteiger charge is 2.15. The minimum atomic E-state index is -1.24. The van der Waals surface area contributed by atoms with Gasteiger partial charge in [0.05, 0.1) is 8.07 Å². The third kappa shape index (κ3) is 3.97. The van der Waals surface area contributed by atoms with Gasteiger partial charge >= 0.3 is 0 Å². The number of benzene rings is 3. The van der Waals surface area contributed by atoms with Gasteiger partial charge in [0.25, 0.3) is 0 Å². The van der Waals surface area contributed by atoms with Crippen LogP contribution >= 0.6 is 0 Å². The molecule has 0 saturated carbocycles. The maximum atomic E-state index is 4.20. The summed E-state index contributed by atoms with van der Waals surface area (Å²) >= 11 is 0. The van der Waals surface area contributed by atoms with Crippen LogP contribution in [-0.4, -0.2) is 13.1 Å². The van der Waals surface area contributed by atoms with Gasteiger partial charge in [0.1, 0.15) is 0 Å². The van der Waals surface area contributed by atoms with Crippen LogP contribution < -0.4 is 5.19 Å². The standard InChI is InChI=1S/C26H25NSi/c1-28(2,3)26-16-14-23(15-17-26)22-8-6-20(7-9-22)21-10-12-24(13-11-21)25-5-4-18-27-19-25/h4-19H,1-3H3. The van der Waals surface area contributed by atoms with Crippen LogP contribution in [0.15, 0.2) is 97.3 Å². The molecule has 3 aromatic carbocycles. The number of pyridine rings is 1. The molecule has 0 amide bonds. The van der Waals surface area contributed by atoms with E-state index in [-0.39, 0.29) is 0 Å². The number of hydrogen-bond acceptors (Lipinski definition) is 1. The molecule has 0 unspecified atom stereocenters. The van der Waals surface area contributed by atoms with E-state index in [1.807, 2.05) is 12.3 Å². The van der Waals surface area contributed by atoms with Gasteiger partial charge in [-0.1, -0.05) is 104 Å². The van der Waals surface area contributed by atoms with Crippen LogP contribution in [0.2, 0.25) is 19.6 Å². The predicted molar refractivity (Wildman–Crippen MR) is 124 cm³/mol. The number of nitrogens with zero attached hydrogens (tertiary/aromatic N) is 1. The molecule has 0 N–H and O–H groups in total. The van der Waals surface area contributed by atoms with E-state index in [4.69, 9.17) is 0 Å². The summed E-state index contributed by atoms with van der Waals surface area (Å²) in [7, 11) is -1.24. The molecule has 0 aliphatic carbocycles. The molecule has 0 fully saturated rings. The summed E-state index contributed by atoms with van der Waals surface area (Å²) in [6.45, 7) is 7.16. The van der Waals surface area contributed by atoms with Gasteiger partial charge in [0.2, 0.25) is 0 Å². The third-order valence-corrected chi connectivity index (χ3v) is 7.25. The van der Waals surface area contributed by atoms with Gasteiger partial charge in [-0.05, 0) is 39.4 Å². The Morgan fingerprint density at radius 2 is 0.893 bits per heavy atom. The molecule has 28 heavy (non-hydrogen) atoms. The maximum absolute atomic E-state index is 4.20. The van der Waals surface area contributed by atoms with E-state index in [0.717, 1.165) is 5.56 Å². The fraction of sp³-hybridized carbons (Fsp3) is 0.115. The largest absolute Gasteiger partial charge is 0.264 e. The Morgan fingerprint density at radius 3 is 1.25 bits per heavy atom. The lowest BCUT2D eigenvalue weighted by atomic mass is 9.98. The highest BCUT2D eigenvalue weighted by atomic mass is 28.3. The SMILES string of the molecule is C[Si](C)(C)c1ccc(-c2ccc(-c3ccc(-c4cccnc4)cc3)cc2)cc1. The van der Waals surface area contributed by atoms with Crippen LogP contribution in [0.1, 0.15) is 0 Å². The summed E-state index contributed by atoms with van der Waals surface area (Å²) in [5, 5.41) is 1.50. The van der Waals surface area contributed by atoms with Crippen molar-refractivity contribution in [3.05, 3.63) is 97.3 Å². The Balaban J connectivity index is 1.55. The normalized spacial score (nSPS) is 11.4. The monoisotopic (exact) mass is 379 g/mol. The van der Waals surface area contributed by atoms with Crippen molar-refractivity contribution in [3.63, 3.8) is 0 Å². The van der Waals surface area contributed by atoms with Crippen molar-refractivity contribution in [2.75, 3.05) is 0 Å². The first-order valence-corrected chi connectivity index (χ1v) is 13.2. The molecule has 4 aromatic rings.